The number of anilines is 1. The molecule has 0 spiro atoms. The molecule has 0 aromatic heterocycles. The maximum atomic E-state index is 13.4. The van der Waals surface area contributed by atoms with Crippen LogP contribution in [0, 0.1) is 23.1 Å². The van der Waals surface area contributed by atoms with Gasteiger partial charge >= 0.3 is 12.0 Å². The molecule has 1 aromatic rings. The molecular weight excluding hydrogens is 277 g/mol. The van der Waals surface area contributed by atoms with E-state index in [-0.39, 0.29) is 17.3 Å². The second-order valence-electron chi connectivity index (χ2n) is 4.92. The fourth-order valence-corrected chi connectivity index (χ4v) is 2.42. The van der Waals surface area contributed by atoms with Gasteiger partial charge in [0.05, 0.1) is 11.6 Å². The van der Waals surface area contributed by atoms with Gasteiger partial charge in [-0.05, 0) is 31.4 Å². The van der Waals surface area contributed by atoms with Crippen molar-refractivity contribution >= 4 is 17.7 Å². The van der Waals surface area contributed by atoms with E-state index in [1.807, 2.05) is 0 Å². The van der Waals surface area contributed by atoms with Crippen LogP contribution in [0.5, 0.6) is 0 Å². The Balaban J connectivity index is 1.96. The van der Waals surface area contributed by atoms with Crippen molar-refractivity contribution in [2.24, 2.45) is 5.92 Å². The molecule has 1 aromatic carbocycles. The van der Waals surface area contributed by atoms with E-state index in [1.54, 1.807) is 6.07 Å². The van der Waals surface area contributed by atoms with Crippen LogP contribution in [0.4, 0.5) is 14.9 Å². The normalized spacial score (nSPS) is 20.6. The first kappa shape index (κ1) is 14.8. The Morgan fingerprint density at radius 3 is 2.76 bits per heavy atom. The number of carbonyl (C=O) groups excluding carboxylic acids is 1. The minimum absolute atomic E-state index is 0.0859. The summed E-state index contributed by atoms with van der Waals surface area (Å²) in [5.41, 5.74) is -0.148. The Hall–Kier alpha value is -2.62. The Labute approximate surface area is 120 Å². The molecule has 7 heteroatoms. The molecule has 110 valence electrons. The van der Waals surface area contributed by atoms with Gasteiger partial charge in [-0.2, -0.15) is 5.26 Å². The fourth-order valence-electron chi connectivity index (χ4n) is 2.42. The SMILES string of the molecule is N#Cc1c(F)cccc1NC(=O)N[C@H]1CC[C@@H](C(=O)O)C1. The first-order valence-corrected chi connectivity index (χ1v) is 6.50. The molecule has 2 atom stereocenters. The van der Waals surface area contributed by atoms with Gasteiger partial charge in [-0.25, -0.2) is 9.18 Å². The monoisotopic (exact) mass is 291 g/mol. The van der Waals surface area contributed by atoms with E-state index in [0.717, 1.165) is 6.07 Å². The van der Waals surface area contributed by atoms with Crippen molar-refractivity contribution in [3.8, 4) is 6.07 Å². The number of hydrogen-bond donors (Lipinski definition) is 3. The molecule has 0 unspecified atom stereocenters. The van der Waals surface area contributed by atoms with Crippen LogP contribution in [0.25, 0.3) is 0 Å². The van der Waals surface area contributed by atoms with Crippen LogP contribution in [-0.4, -0.2) is 23.1 Å². The predicted octanol–water partition coefficient (Wildman–Crippen LogP) is 2.07. The number of carboxylic acids is 1. The van der Waals surface area contributed by atoms with Gasteiger partial charge in [0, 0.05) is 6.04 Å². The summed E-state index contributed by atoms with van der Waals surface area (Å²) in [6.07, 6.45) is 1.47. The lowest BCUT2D eigenvalue weighted by Crippen LogP contribution is -2.36. The zero-order chi connectivity index (χ0) is 15.4. The van der Waals surface area contributed by atoms with Crippen molar-refractivity contribution in [1.82, 2.24) is 5.32 Å². The van der Waals surface area contributed by atoms with Crippen LogP contribution >= 0.6 is 0 Å². The average Bonchev–Trinajstić information content (AvgIpc) is 2.87. The van der Waals surface area contributed by atoms with Crippen molar-refractivity contribution < 1.29 is 19.1 Å². The summed E-state index contributed by atoms with van der Waals surface area (Å²) in [6, 6.07) is 4.83. The lowest BCUT2D eigenvalue weighted by molar-refractivity contribution is -0.141. The second kappa shape index (κ2) is 6.22. The molecule has 1 fully saturated rings. The molecule has 3 N–H and O–H groups in total. The molecule has 6 nitrogen and oxygen atoms in total. The van der Waals surface area contributed by atoms with E-state index in [2.05, 4.69) is 10.6 Å². The molecule has 1 aliphatic carbocycles. The predicted molar refractivity (Wildman–Crippen MR) is 72.0 cm³/mol. The number of urea groups is 1. The van der Waals surface area contributed by atoms with Gasteiger partial charge in [-0.15, -0.1) is 0 Å². The highest BCUT2D eigenvalue weighted by Gasteiger charge is 2.30. The highest BCUT2D eigenvalue weighted by molar-refractivity contribution is 5.91. The summed E-state index contributed by atoms with van der Waals surface area (Å²) in [5.74, 6) is -2.02. The minimum Gasteiger partial charge on any atom is -0.481 e. The first-order valence-electron chi connectivity index (χ1n) is 6.50. The summed E-state index contributed by atoms with van der Waals surface area (Å²) in [5, 5.41) is 22.8. The second-order valence-corrected chi connectivity index (χ2v) is 4.92. The van der Waals surface area contributed by atoms with Crippen LogP contribution in [0.1, 0.15) is 24.8 Å². The lowest BCUT2D eigenvalue weighted by atomic mass is 10.1. The number of nitrogens with zero attached hydrogens (tertiary/aromatic N) is 1. The number of benzene rings is 1. The van der Waals surface area contributed by atoms with Crippen LogP contribution < -0.4 is 10.6 Å². The smallest absolute Gasteiger partial charge is 0.319 e. The van der Waals surface area contributed by atoms with E-state index in [4.69, 9.17) is 10.4 Å². The Kier molecular flexibility index (Phi) is 4.38. The molecule has 21 heavy (non-hydrogen) atoms. The van der Waals surface area contributed by atoms with Crippen LogP contribution in [0.15, 0.2) is 18.2 Å². The molecule has 0 heterocycles. The van der Waals surface area contributed by atoms with E-state index < -0.39 is 23.7 Å². The summed E-state index contributed by atoms with van der Waals surface area (Å²) in [6.45, 7) is 0. The number of amides is 2. The van der Waals surface area contributed by atoms with Crippen LogP contribution in [0.2, 0.25) is 0 Å². The molecule has 1 saturated carbocycles. The third-order valence-corrected chi connectivity index (χ3v) is 3.49. The third-order valence-electron chi connectivity index (χ3n) is 3.49. The quantitative estimate of drug-likeness (QED) is 0.793. The number of halogens is 1. The maximum Gasteiger partial charge on any atom is 0.319 e. The summed E-state index contributed by atoms with van der Waals surface area (Å²) in [7, 11) is 0. The maximum absolute atomic E-state index is 13.4. The lowest BCUT2D eigenvalue weighted by Gasteiger charge is -2.14. The molecule has 0 aliphatic heterocycles. The number of aliphatic carboxylic acids is 1. The number of rotatable bonds is 3. The Morgan fingerprint density at radius 2 is 2.14 bits per heavy atom. The third kappa shape index (κ3) is 3.48. The van der Waals surface area contributed by atoms with Gasteiger partial charge in [0.1, 0.15) is 17.4 Å². The molecule has 1 aliphatic rings. The zero-order valence-electron chi connectivity index (χ0n) is 11.1. The largest absolute Gasteiger partial charge is 0.481 e. The number of hydrogen-bond acceptors (Lipinski definition) is 3. The Bertz CT molecular complexity index is 612. The standard InChI is InChI=1S/C14H14FN3O3/c15-11-2-1-3-12(10(11)7-16)18-14(21)17-9-5-4-8(6-9)13(19)20/h1-3,8-9H,4-6H2,(H,19,20)(H2,17,18,21)/t8-,9+/m1/s1. The van der Waals surface area contributed by atoms with Gasteiger partial charge in [0.15, 0.2) is 0 Å². The number of nitrogens with one attached hydrogen (secondary N) is 2. The van der Waals surface area contributed by atoms with Crippen molar-refractivity contribution in [2.75, 3.05) is 5.32 Å². The summed E-state index contributed by atoms with van der Waals surface area (Å²) >= 11 is 0. The molecular formula is C14H14FN3O3. The van der Waals surface area contributed by atoms with Crippen LogP contribution in [-0.2, 0) is 4.79 Å². The van der Waals surface area contributed by atoms with Crippen molar-refractivity contribution in [3.63, 3.8) is 0 Å². The van der Waals surface area contributed by atoms with E-state index in [9.17, 15) is 14.0 Å². The number of carbonyl (C=O) groups is 2. The Morgan fingerprint density at radius 1 is 1.38 bits per heavy atom. The summed E-state index contributed by atoms with van der Waals surface area (Å²) < 4.78 is 13.4. The van der Waals surface area contributed by atoms with Gasteiger partial charge in [0.2, 0.25) is 0 Å². The van der Waals surface area contributed by atoms with Gasteiger partial charge < -0.3 is 15.7 Å². The van der Waals surface area contributed by atoms with Crippen LogP contribution in [0.3, 0.4) is 0 Å². The van der Waals surface area contributed by atoms with Gasteiger partial charge in [-0.3, -0.25) is 4.79 Å². The van der Waals surface area contributed by atoms with E-state index in [0.29, 0.717) is 19.3 Å². The first-order chi connectivity index (χ1) is 10.0. The fraction of sp³-hybridized carbons (Fsp3) is 0.357. The average molecular weight is 291 g/mol. The molecule has 0 bridgehead atoms. The molecule has 2 rings (SSSR count). The van der Waals surface area contributed by atoms with E-state index >= 15 is 0 Å². The number of nitriles is 1. The van der Waals surface area contributed by atoms with Gasteiger partial charge in [0.25, 0.3) is 0 Å². The minimum atomic E-state index is -0.864. The van der Waals surface area contributed by atoms with Crippen molar-refractivity contribution in [3.05, 3.63) is 29.6 Å². The van der Waals surface area contributed by atoms with E-state index in [1.165, 1.54) is 12.1 Å². The molecule has 0 saturated heterocycles. The molecule has 0 radical (unpaired) electrons. The zero-order valence-corrected chi connectivity index (χ0v) is 11.1. The molecule has 2 amide bonds. The highest BCUT2D eigenvalue weighted by atomic mass is 19.1. The highest BCUT2D eigenvalue weighted by Crippen LogP contribution is 2.26. The number of carboxylic acid groups (broad SMARTS) is 1. The summed E-state index contributed by atoms with van der Waals surface area (Å²) in [4.78, 5) is 22.7. The van der Waals surface area contributed by atoms with Crippen molar-refractivity contribution in [1.29, 1.82) is 5.26 Å². The topological polar surface area (TPSA) is 102 Å². The van der Waals surface area contributed by atoms with Gasteiger partial charge in [-0.1, -0.05) is 6.07 Å². The van der Waals surface area contributed by atoms with Crippen molar-refractivity contribution in [2.45, 2.75) is 25.3 Å².